The molecule has 2 aromatic heterocycles. The zero-order valence-corrected chi connectivity index (χ0v) is 25.3. The number of hydrogen-bond donors (Lipinski definition) is 1. The molecular weight excluding hydrogens is 597 g/mol. The van der Waals surface area contributed by atoms with E-state index in [1.54, 1.807) is 28.8 Å². The molecule has 234 valence electrons. The molecule has 3 aromatic carbocycles. The molecule has 0 aliphatic carbocycles. The summed E-state index contributed by atoms with van der Waals surface area (Å²) < 4.78 is 58.5. The average molecular weight is 627 g/mol. The van der Waals surface area contributed by atoms with E-state index in [0.717, 1.165) is 12.1 Å². The molecule has 11 heteroatoms. The van der Waals surface area contributed by atoms with Crippen molar-refractivity contribution in [1.29, 1.82) is 5.26 Å². The fraction of sp³-hybridized carbons (Fsp3) is 0.257. The van der Waals surface area contributed by atoms with Gasteiger partial charge in [-0.2, -0.15) is 5.26 Å². The second-order valence-electron chi connectivity index (χ2n) is 12.1. The Bertz CT molecular complexity index is 2050. The number of rotatable bonds is 8. The number of nitriles is 1. The molecule has 0 spiro atoms. The number of carboxylic acid groups (broad SMARTS) is 1. The Balaban J connectivity index is 1.32. The highest BCUT2D eigenvalue weighted by Gasteiger charge is 2.39. The first-order valence-electron chi connectivity index (χ1n) is 14.5. The van der Waals surface area contributed by atoms with Crippen LogP contribution in [0, 0.1) is 41.1 Å². The van der Waals surface area contributed by atoms with Crippen LogP contribution < -0.4 is 4.74 Å². The lowest BCUT2D eigenvalue weighted by Gasteiger charge is -2.28. The quantitative estimate of drug-likeness (QED) is 0.195. The summed E-state index contributed by atoms with van der Waals surface area (Å²) in [6.07, 6.45) is 0.0167. The lowest BCUT2D eigenvalue weighted by Crippen LogP contribution is -2.27. The van der Waals surface area contributed by atoms with Gasteiger partial charge in [-0.25, -0.2) is 27.9 Å². The molecular formula is C35H29F3N4O4. The summed E-state index contributed by atoms with van der Waals surface area (Å²) in [6, 6.07) is 16.1. The third-order valence-corrected chi connectivity index (χ3v) is 8.33. The van der Waals surface area contributed by atoms with E-state index in [1.165, 1.54) is 24.3 Å². The number of aromatic carboxylic acids is 1. The molecule has 0 unspecified atom stereocenters. The van der Waals surface area contributed by atoms with Gasteiger partial charge in [0.2, 0.25) is 5.88 Å². The normalized spacial score (nSPS) is 15.6. The van der Waals surface area contributed by atoms with Crippen molar-refractivity contribution < 1.29 is 32.5 Å². The number of pyridine rings is 1. The molecule has 1 atom stereocenters. The summed E-state index contributed by atoms with van der Waals surface area (Å²) >= 11 is 0. The second kappa shape index (κ2) is 11.9. The number of nitrogens with zero attached hydrogens (tertiary/aromatic N) is 4. The summed E-state index contributed by atoms with van der Waals surface area (Å²) in [5, 5.41) is 18.5. The van der Waals surface area contributed by atoms with E-state index in [2.05, 4.69) is 9.97 Å². The predicted molar refractivity (Wildman–Crippen MR) is 163 cm³/mol. The number of carboxylic acids is 1. The third kappa shape index (κ3) is 5.79. The van der Waals surface area contributed by atoms with Crippen molar-refractivity contribution in [3.05, 3.63) is 112 Å². The van der Waals surface area contributed by atoms with E-state index in [9.17, 15) is 14.3 Å². The van der Waals surface area contributed by atoms with E-state index < -0.39 is 23.4 Å². The van der Waals surface area contributed by atoms with Gasteiger partial charge in [-0.3, -0.25) is 0 Å². The van der Waals surface area contributed by atoms with E-state index in [1.807, 2.05) is 26.8 Å². The molecule has 1 aliphatic rings. The average Bonchev–Trinajstić information content (AvgIpc) is 3.56. The Morgan fingerprint density at radius 3 is 2.54 bits per heavy atom. The van der Waals surface area contributed by atoms with Crippen molar-refractivity contribution in [2.45, 2.75) is 39.8 Å². The summed E-state index contributed by atoms with van der Waals surface area (Å²) in [4.78, 5) is 20.8. The van der Waals surface area contributed by atoms with Crippen LogP contribution in [0.1, 0.15) is 58.3 Å². The summed E-state index contributed by atoms with van der Waals surface area (Å²) in [5.74, 6) is -2.53. The Morgan fingerprint density at radius 1 is 1.07 bits per heavy atom. The van der Waals surface area contributed by atoms with Gasteiger partial charge in [0.15, 0.2) is 5.82 Å². The van der Waals surface area contributed by atoms with Crippen molar-refractivity contribution >= 4 is 17.0 Å². The van der Waals surface area contributed by atoms with Crippen LogP contribution in [0.5, 0.6) is 5.88 Å². The van der Waals surface area contributed by atoms with Crippen LogP contribution in [0.3, 0.4) is 0 Å². The number of imidazole rings is 1. The number of aromatic nitrogens is 3. The largest absolute Gasteiger partial charge is 0.478 e. The summed E-state index contributed by atoms with van der Waals surface area (Å²) in [7, 11) is 0. The lowest BCUT2D eigenvalue weighted by molar-refractivity contribution is 0.0696. The van der Waals surface area contributed by atoms with Gasteiger partial charge in [0, 0.05) is 29.0 Å². The zero-order chi connectivity index (χ0) is 32.7. The van der Waals surface area contributed by atoms with Crippen molar-refractivity contribution in [2.24, 2.45) is 5.41 Å². The number of halogens is 3. The number of benzene rings is 3. The van der Waals surface area contributed by atoms with Crippen LogP contribution >= 0.6 is 0 Å². The fourth-order valence-electron chi connectivity index (χ4n) is 5.83. The molecule has 3 heterocycles. The van der Waals surface area contributed by atoms with Crippen LogP contribution in [0.25, 0.3) is 22.3 Å². The minimum atomic E-state index is -1.27. The molecule has 1 saturated heterocycles. The monoisotopic (exact) mass is 626 g/mol. The second-order valence-corrected chi connectivity index (χ2v) is 12.1. The maximum absolute atomic E-state index is 15.8. The molecule has 5 aromatic rings. The van der Waals surface area contributed by atoms with Gasteiger partial charge >= 0.3 is 5.97 Å². The van der Waals surface area contributed by atoms with Crippen molar-refractivity contribution in [1.82, 2.24) is 14.5 Å². The van der Waals surface area contributed by atoms with Gasteiger partial charge in [0.05, 0.1) is 47.7 Å². The van der Waals surface area contributed by atoms with Crippen LogP contribution in [0.15, 0.2) is 60.7 Å². The highest BCUT2D eigenvalue weighted by molar-refractivity contribution is 5.93. The summed E-state index contributed by atoms with van der Waals surface area (Å²) in [6.45, 7) is 6.46. The first-order valence-corrected chi connectivity index (χ1v) is 14.5. The number of carbonyl (C=O) groups is 1. The van der Waals surface area contributed by atoms with Crippen molar-refractivity contribution in [3.63, 3.8) is 0 Å². The SMILES string of the molecule is Cc1cc(Cc2nc3c(F)cc(C(=O)O)cc3n2[C@@H]2COCC2(C)C)c(F)cc1-c1cccc(OCc2ccc(C#N)cc2F)n1. The van der Waals surface area contributed by atoms with Gasteiger partial charge in [-0.15, -0.1) is 0 Å². The van der Waals surface area contributed by atoms with Gasteiger partial charge in [-0.1, -0.05) is 32.0 Å². The van der Waals surface area contributed by atoms with Gasteiger partial charge in [0.25, 0.3) is 0 Å². The maximum atomic E-state index is 15.8. The van der Waals surface area contributed by atoms with Gasteiger partial charge in [-0.05, 0) is 54.4 Å². The number of ether oxygens (including phenoxy) is 2. The van der Waals surface area contributed by atoms with E-state index in [-0.39, 0.29) is 52.6 Å². The Morgan fingerprint density at radius 2 is 1.85 bits per heavy atom. The maximum Gasteiger partial charge on any atom is 0.335 e. The topological polar surface area (TPSA) is 110 Å². The van der Waals surface area contributed by atoms with Gasteiger partial charge in [0.1, 0.15) is 29.6 Å². The first kappa shape index (κ1) is 30.8. The Kier molecular flexibility index (Phi) is 8.00. The fourth-order valence-corrected chi connectivity index (χ4v) is 5.83. The van der Waals surface area contributed by atoms with Crippen molar-refractivity contribution in [2.75, 3.05) is 13.2 Å². The van der Waals surface area contributed by atoms with Crippen LogP contribution in [0.4, 0.5) is 13.2 Å². The van der Waals surface area contributed by atoms with Crippen LogP contribution in [0.2, 0.25) is 0 Å². The van der Waals surface area contributed by atoms with Crippen molar-refractivity contribution in [3.8, 4) is 23.2 Å². The highest BCUT2D eigenvalue weighted by Crippen LogP contribution is 2.41. The first-order chi connectivity index (χ1) is 21.9. The van der Waals surface area contributed by atoms with Gasteiger partial charge < -0.3 is 19.1 Å². The molecule has 1 N–H and O–H groups in total. The Hall–Kier alpha value is -5.21. The number of fused-ring (bicyclic) bond motifs is 1. The molecule has 1 aliphatic heterocycles. The molecule has 0 radical (unpaired) electrons. The number of hydrogen-bond acceptors (Lipinski definition) is 6. The Labute approximate surface area is 262 Å². The standard InChI is InChI=1S/C35H29F3N4O4/c1-19-9-22(13-31-41-33-27(38)11-23(34(43)44)12-29(33)42(31)30-17-45-18-35(30,2)3)26(37)14-24(19)28-5-4-6-32(40-28)46-16-21-8-7-20(15-39)10-25(21)36/h4-12,14,30H,13,16-18H2,1-3H3,(H,43,44)/t30-/m1/s1. The molecule has 0 bridgehead atoms. The minimum Gasteiger partial charge on any atom is -0.478 e. The van der Waals surface area contributed by atoms with Crippen LogP contribution in [-0.2, 0) is 17.8 Å². The van der Waals surface area contributed by atoms with Crippen LogP contribution in [-0.4, -0.2) is 38.8 Å². The van der Waals surface area contributed by atoms with E-state index >= 15 is 8.78 Å². The molecule has 0 saturated carbocycles. The minimum absolute atomic E-state index is 0.0124. The molecule has 1 fully saturated rings. The highest BCUT2D eigenvalue weighted by atomic mass is 19.1. The van der Waals surface area contributed by atoms with E-state index in [0.29, 0.717) is 46.9 Å². The molecule has 6 rings (SSSR count). The molecule has 0 amide bonds. The zero-order valence-electron chi connectivity index (χ0n) is 25.3. The molecule has 46 heavy (non-hydrogen) atoms. The smallest absolute Gasteiger partial charge is 0.335 e. The number of aryl methyl sites for hydroxylation is 1. The molecule has 8 nitrogen and oxygen atoms in total. The summed E-state index contributed by atoms with van der Waals surface area (Å²) in [5.41, 5.74) is 2.20. The lowest BCUT2D eigenvalue weighted by atomic mass is 9.87. The predicted octanol–water partition coefficient (Wildman–Crippen LogP) is 7.16. The van der Waals surface area contributed by atoms with E-state index in [4.69, 9.17) is 14.7 Å². The third-order valence-electron chi connectivity index (χ3n) is 8.33.